The van der Waals surface area contributed by atoms with Crippen molar-refractivity contribution < 1.29 is 0 Å². The smallest absolute Gasteiger partial charge is 0.107 e. The molecule has 0 amide bonds. The van der Waals surface area contributed by atoms with Gasteiger partial charge in [-0.1, -0.05) is 51.1 Å². The third kappa shape index (κ3) is 4.77. The Labute approximate surface area is 119 Å². The van der Waals surface area contributed by atoms with E-state index in [1.54, 1.807) is 11.3 Å². The van der Waals surface area contributed by atoms with Crippen LogP contribution in [-0.4, -0.2) is 11.5 Å². The first-order chi connectivity index (χ1) is 9.04. The van der Waals surface area contributed by atoms with Crippen LogP contribution < -0.4 is 5.32 Å². The second-order valence-electron chi connectivity index (χ2n) is 5.98. The molecule has 0 spiro atoms. The summed E-state index contributed by atoms with van der Waals surface area (Å²) in [5, 5.41) is 6.77. The summed E-state index contributed by atoms with van der Waals surface area (Å²) in [6.45, 7) is 8.72. The van der Waals surface area contributed by atoms with E-state index in [1.165, 1.54) is 12.0 Å². The van der Waals surface area contributed by atoms with Gasteiger partial charge in [0.25, 0.3) is 0 Å². The van der Waals surface area contributed by atoms with Gasteiger partial charge in [-0.3, -0.25) is 0 Å². The zero-order valence-electron chi connectivity index (χ0n) is 11.9. The topological polar surface area (TPSA) is 24.9 Å². The fourth-order valence-electron chi connectivity index (χ4n) is 1.79. The summed E-state index contributed by atoms with van der Waals surface area (Å²) < 4.78 is 0. The summed E-state index contributed by atoms with van der Waals surface area (Å²) in [5.74, 6) is 0. The lowest BCUT2D eigenvalue weighted by Crippen LogP contribution is -2.20. The number of aromatic nitrogens is 1. The molecule has 0 atom stereocenters. The maximum absolute atomic E-state index is 4.67. The molecule has 1 heterocycles. The Morgan fingerprint density at radius 1 is 1.16 bits per heavy atom. The molecule has 1 N–H and O–H groups in total. The van der Waals surface area contributed by atoms with Crippen molar-refractivity contribution in [1.82, 2.24) is 10.3 Å². The van der Waals surface area contributed by atoms with Crippen molar-refractivity contribution in [3.05, 3.63) is 40.7 Å². The van der Waals surface area contributed by atoms with Crippen LogP contribution in [0.2, 0.25) is 0 Å². The minimum atomic E-state index is 0.394. The number of hydrogen-bond acceptors (Lipinski definition) is 3. The van der Waals surface area contributed by atoms with Gasteiger partial charge in [0.1, 0.15) is 5.01 Å². The second kappa shape index (κ2) is 6.31. The van der Waals surface area contributed by atoms with Crippen molar-refractivity contribution in [2.45, 2.75) is 33.7 Å². The highest BCUT2D eigenvalue weighted by atomic mass is 32.1. The van der Waals surface area contributed by atoms with E-state index in [4.69, 9.17) is 0 Å². The predicted molar refractivity (Wildman–Crippen MR) is 83.3 cm³/mol. The van der Waals surface area contributed by atoms with Gasteiger partial charge in [-0.15, -0.1) is 11.3 Å². The standard InChI is InChI=1S/C16H22N2S/c1-16(2,3)9-10-17-11-15-18-14(12-19-15)13-7-5-4-6-8-13/h4-8,12,17H,9-11H2,1-3H3. The molecule has 0 aliphatic rings. The minimum Gasteiger partial charge on any atom is -0.310 e. The van der Waals surface area contributed by atoms with Gasteiger partial charge in [-0.2, -0.15) is 0 Å². The summed E-state index contributed by atoms with van der Waals surface area (Å²) >= 11 is 1.73. The van der Waals surface area contributed by atoms with Gasteiger partial charge in [0.15, 0.2) is 0 Å². The van der Waals surface area contributed by atoms with Gasteiger partial charge in [0.2, 0.25) is 0 Å². The molecular weight excluding hydrogens is 252 g/mol. The minimum absolute atomic E-state index is 0.394. The van der Waals surface area contributed by atoms with Gasteiger partial charge < -0.3 is 5.32 Å². The average Bonchev–Trinajstić information content (AvgIpc) is 2.83. The lowest BCUT2D eigenvalue weighted by atomic mass is 9.92. The number of hydrogen-bond donors (Lipinski definition) is 1. The van der Waals surface area contributed by atoms with Crippen molar-refractivity contribution in [1.29, 1.82) is 0 Å². The summed E-state index contributed by atoms with van der Waals surface area (Å²) in [6.07, 6.45) is 1.18. The molecule has 0 aliphatic carbocycles. The molecule has 0 bridgehead atoms. The molecule has 2 nitrogen and oxygen atoms in total. The highest BCUT2D eigenvalue weighted by molar-refractivity contribution is 7.09. The largest absolute Gasteiger partial charge is 0.310 e. The Balaban J connectivity index is 1.85. The van der Waals surface area contributed by atoms with Crippen LogP contribution in [0.25, 0.3) is 11.3 Å². The Bertz CT molecular complexity index is 497. The number of nitrogens with zero attached hydrogens (tertiary/aromatic N) is 1. The highest BCUT2D eigenvalue weighted by Gasteiger charge is 2.09. The Kier molecular flexibility index (Phi) is 4.72. The van der Waals surface area contributed by atoms with E-state index in [-0.39, 0.29) is 0 Å². The van der Waals surface area contributed by atoms with Crippen molar-refractivity contribution in [3.63, 3.8) is 0 Å². The molecule has 0 unspecified atom stereocenters. The van der Waals surface area contributed by atoms with Crippen LogP contribution in [0.15, 0.2) is 35.7 Å². The molecule has 1 aromatic heterocycles. The zero-order valence-corrected chi connectivity index (χ0v) is 12.8. The molecule has 19 heavy (non-hydrogen) atoms. The van der Waals surface area contributed by atoms with E-state index >= 15 is 0 Å². The Hall–Kier alpha value is -1.19. The van der Waals surface area contributed by atoms with Gasteiger partial charge >= 0.3 is 0 Å². The van der Waals surface area contributed by atoms with E-state index < -0.39 is 0 Å². The third-order valence-corrected chi connectivity index (χ3v) is 3.80. The first-order valence-corrected chi connectivity index (χ1v) is 7.63. The molecule has 0 fully saturated rings. The maximum atomic E-state index is 4.67. The highest BCUT2D eigenvalue weighted by Crippen LogP contribution is 2.21. The first-order valence-electron chi connectivity index (χ1n) is 6.75. The van der Waals surface area contributed by atoms with Crippen LogP contribution in [0.4, 0.5) is 0 Å². The number of nitrogens with one attached hydrogen (secondary N) is 1. The van der Waals surface area contributed by atoms with Crippen molar-refractivity contribution >= 4 is 11.3 Å². The quantitative estimate of drug-likeness (QED) is 0.821. The van der Waals surface area contributed by atoms with E-state index in [1.807, 2.05) is 6.07 Å². The summed E-state index contributed by atoms with van der Waals surface area (Å²) in [4.78, 5) is 4.67. The fraction of sp³-hybridized carbons (Fsp3) is 0.438. The van der Waals surface area contributed by atoms with E-state index in [0.717, 1.165) is 23.8 Å². The van der Waals surface area contributed by atoms with Gasteiger partial charge in [0, 0.05) is 17.5 Å². The SMILES string of the molecule is CC(C)(C)CCNCc1nc(-c2ccccc2)cs1. The number of thiazole rings is 1. The van der Waals surface area contributed by atoms with Gasteiger partial charge in [-0.05, 0) is 18.4 Å². The molecule has 2 aromatic rings. The van der Waals surface area contributed by atoms with E-state index in [9.17, 15) is 0 Å². The van der Waals surface area contributed by atoms with Crippen molar-refractivity contribution in [2.24, 2.45) is 5.41 Å². The van der Waals surface area contributed by atoms with E-state index in [2.05, 4.69) is 60.7 Å². The van der Waals surface area contributed by atoms with Crippen LogP contribution in [0.1, 0.15) is 32.2 Å². The van der Waals surface area contributed by atoms with Crippen LogP contribution in [0.3, 0.4) is 0 Å². The van der Waals surface area contributed by atoms with Crippen molar-refractivity contribution in [2.75, 3.05) is 6.54 Å². The molecule has 2 rings (SSSR count). The lowest BCUT2D eigenvalue weighted by Gasteiger charge is -2.17. The zero-order chi connectivity index (χ0) is 13.7. The monoisotopic (exact) mass is 274 g/mol. The molecule has 102 valence electrons. The third-order valence-electron chi connectivity index (χ3n) is 2.95. The molecule has 3 heteroatoms. The number of benzene rings is 1. The van der Waals surface area contributed by atoms with Gasteiger partial charge in [-0.25, -0.2) is 4.98 Å². The molecular formula is C16H22N2S. The molecule has 0 saturated heterocycles. The average molecular weight is 274 g/mol. The summed E-state index contributed by atoms with van der Waals surface area (Å²) in [5.41, 5.74) is 2.67. The number of rotatable bonds is 5. The lowest BCUT2D eigenvalue weighted by molar-refractivity contribution is 0.366. The Morgan fingerprint density at radius 2 is 1.89 bits per heavy atom. The predicted octanol–water partition coefficient (Wildman–Crippen LogP) is 4.34. The van der Waals surface area contributed by atoms with Crippen molar-refractivity contribution in [3.8, 4) is 11.3 Å². The van der Waals surface area contributed by atoms with Crippen LogP contribution in [0, 0.1) is 5.41 Å². The second-order valence-corrected chi connectivity index (χ2v) is 6.92. The van der Waals surface area contributed by atoms with Crippen LogP contribution in [-0.2, 0) is 6.54 Å². The van der Waals surface area contributed by atoms with Crippen LogP contribution in [0.5, 0.6) is 0 Å². The first kappa shape index (κ1) is 14.2. The fourth-order valence-corrected chi connectivity index (χ4v) is 2.57. The van der Waals surface area contributed by atoms with Gasteiger partial charge in [0.05, 0.1) is 5.69 Å². The normalized spacial score (nSPS) is 11.7. The molecule has 0 radical (unpaired) electrons. The molecule has 1 aromatic carbocycles. The molecule has 0 aliphatic heterocycles. The van der Waals surface area contributed by atoms with E-state index in [0.29, 0.717) is 5.41 Å². The summed E-state index contributed by atoms with van der Waals surface area (Å²) in [6, 6.07) is 10.3. The summed E-state index contributed by atoms with van der Waals surface area (Å²) in [7, 11) is 0. The Morgan fingerprint density at radius 3 is 2.58 bits per heavy atom. The maximum Gasteiger partial charge on any atom is 0.107 e. The van der Waals surface area contributed by atoms with Crippen LogP contribution >= 0.6 is 11.3 Å². The molecule has 0 saturated carbocycles.